The summed E-state index contributed by atoms with van der Waals surface area (Å²) in [6.07, 6.45) is -5.32. The van der Waals surface area contributed by atoms with Crippen LogP contribution < -0.4 is 15.8 Å². The number of nitrogens with two attached hydrogens (primary N) is 1. The van der Waals surface area contributed by atoms with E-state index in [0.717, 1.165) is 0 Å². The number of carbonyl (C=O) groups excluding carboxylic acids is 3. The van der Waals surface area contributed by atoms with Crippen LogP contribution in [0.15, 0.2) is 47.2 Å². The van der Waals surface area contributed by atoms with Gasteiger partial charge in [0.2, 0.25) is 5.78 Å². The topological polar surface area (TPSA) is 183 Å². The van der Waals surface area contributed by atoms with E-state index in [1.165, 1.54) is 32.2 Å². The van der Waals surface area contributed by atoms with E-state index in [0.29, 0.717) is 28.0 Å². The fraction of sp³-hybridized carbons (Fsp3) is 0.406. The molecule has 0 aliphatic heterocycles. The molecule has 2 aromatic rings. The van der Waals surface area contributed by atoms with Gasteiger partial charge in [0.05, 0.1) is 25.1 Å². The van der Waals surface area contributed by atoms with Crippen LogP contribution in [0.4, 0.5) is 13.2 Å². The Morgan fingerprint density at radius 3 is 2.46 bits per heavy atom. The normalized spacial score (nSPS) is 24.6. The molecule has 0 bridgehead atoms. The molecule has 0 aromatic heterocycles. The van der Waals surface area contributed by atoms with Gasteiger partial charge in [-0.1, -0.05) is 12.1 Å². The SMILES string of the molecule is COc1ccc(-c2ccc(O)c3c2C[C@H]2C[C@H]4[C@H](N(C)C)C(=O)C(C(N)=O)=C(O)[C@@]4(O)C(=O)C2=C3O)cc1CNCCC(F)(F)F. The maximum Gasteiger partial charge on any atom is 0.390 e. The van der Waals surface area contributed by atoms with Crippen molar-refractivity contribution in [3.8, 4) is 22.6 Å². The third-order valence-electron chi connectivity index (χ3n) is 9.10. The second-order valence-electron chi connectivity index (χ2n) is 12.0. The lowest BCUT2D eigenvalue weighted by atomic mass is 9.57. The van der Waals surface area contributed by atoms with Gasteiger partial charge in [0, 0.05) is 30.1 Å². The first-order valence-electron chi connectivity index (χ1n) is 14.5. The van der Waals surface area contributed by atoms with Crippen LogP contribution in [0, 0.1) is 11.8 Å². The van der Waals surface area contributed by atoms with Crippen LogP contribution in [0.5, 0.6) is 11.5 Å². The number of ketones is 2. The monoisotopic (exact) mass is 645 g/mol. The van der Waals surface area contributed by atoms with Gasteiger partial charge in [-0.3, -0.25) is 19.3 Å². The number of methoxy groups -OCH3 is 1. The Labute approximate surface area is 261 Å². The van der Waals surface area contributed by atoms with E-state index in [4.69, 9.17) is 10.5 Å². The number of amides is 1. The lowest BCUT2D eigenvalue weighted by molar-refractivity contribution is -0.153. The van der Waals surface area contributed by atoms with Gasteiger partial charge >= 0.3 is 6.18 Å². The van der Waals surface area contributed by atoms with Crippen molar-refractivity contribution in [2.75, 3.05) is 27.7 Å². The number of Topliss-reactive ketones (excluding diaryl/α,β-unsaturated/α-hetero) is 2. The molecule has 0 unspecified atom stereocenters. The van der Waals surface area contributed by atoms with E-state index in [2.05, 4.69) is 5.32 Å². The summed E-state index contributed by atoms with van der Waals surface area (Å²) in [6.45, 7) is -0.247. The Morgan fingerprint density at radius 1 is 1.15 bits per heavy atom. The molecule has 11 nitrogen and oxygen atoms in total. The van der Waals surface area contributed by atoms with E-state index in [1.54, 1.807) is 24.3 Å². The van der Waals surface area contributed by atoms with Gasteiger partial charge in [-0.2, -0.15) is 13.2 Å². The van der Waals surface area contributed by atoms with Gasteiger partial charge in [-0.05, 0) is 67.7 Å². The predicted molar refractivity (Wildman–Crippen MR) is 159 cm³/mol. The second kappa shape index (κ2) is 11.8. The standard InChI is InChI=1S/C32H34F3N3O8/c1-38(2)25-19-12-15-11-18-17(14-4-7-21(46-3)16(10-14)13-37-9-8-31(33,34)35)5-6-20(39)23(18)26(40)22(15)28(42)32(19,45)29(43)24(27(25)41)30(36)44/h4-7,10,15,19,25,37,39-40,43,45H,8-9,11-13H2,1-3H3,(H2,36,44)/t15-,19-,25-,32-/m0/s1. The van der Waals surface area contributed by atoms with Gasteiger partial charge in [0.15, 0.2) is 11.4 Å². The van der Waals surface area contributed by atoms with Crippen LogP contribution in [0.1, 0.15) is 29.5 Å². The smallest absolute Gasteiger partial charge is 0.390 e. The molecule has 0 radical (unpaired) electrons. The number of primary amides is 1. The van der Waals surface area contributed by atoms with Crippen LogP contribution in [-0.2, 0) is 27.3 Å². The van der Waals surface area contributed by atoms with E-state index in [1.807, 2.05) is 0 Å². The van der Waals surface area contributed by atoms with Crippen molar-refractivity contribution in [2.24, 2.45) is 17.6 Å². The first kappa shape index (κ1) is 33.0. The largest absolute Gasteiger partial charge is 0.508 e. The van der Waals surface area contributed by atoms with Gasteiger partial charge in [0.25, 0.3) is 5.91 Å². The highest BCUT2D eigenvalue weighted by molar-refractivity contribution is 6.24. The molecule has 246 valence electrons. The zero-order valence-electron chi connectivity index (χ0n) is 25.2. The molecule has 7 N–H and O–H groups in total. The number of aliphatic hydroxyl groups is 3. The summed E-state index contributed by atoms with van der Waals surface area (Å²) in [4.78, 5) is 40.9. The maximum atomic E-state index is 14.0. The average molecular weight is 646 g/mol. The molecular weight excluding hydrogens is 611 g/mol. The third kappa shape index (κ3) is 5.29. The fourth-order valence-corrected chi connectivity index (χ4v) is 7.05. The number of nitrogens with zero attached hydrogens (tertiary/aromatic N) is 1. The lowest BCUT2D eigenvalue weighted by Gasteiger charge is -2.50. The minimum atomic E-state index is -4.31. The molecule has 4 atom stereocenters. The summed E-state index contributed by atoms with van der Waals surface area (Å²) in [5, 5.41) is 47.9. The minimum Gasteiger partial charge on any atom is -0.508 e. The van der Waals surface area contributed by atoms with Crippen LogP contribution in [0.25, 0.3) is 16.9 Å². The summed E-state index contributed by atoms with van der Waals surface area (Å²) in [5.74, 6) is -7.01. The number of alkyl halides is 3. The first-order chi connectivity index (χ1) is 21.5. The number of ether oxygens (including phenoxy) is 1. The number of hydrogen-bond donors (Lipinski definition) is 6. The number of benzene rings is 2. The minimum absolute atomic E-state index is 0.0598. The number of nitrogens with one attached hydrogen (secondary N) is 1. The van der Waals surface area contributed by atoms with Crippen molar-refractivity contribution >= 4 is 23.2 Å². The molecular formula is C32H34F3N3O8. The van der Waals surface area contributed by atoms with E-state index >= 15 is 0 Å². The van der Waals surface area contributed by atoms with Crippen molar-refractivity contribution in [3.63, 3.8) is 0 Å². The summed E-state index contributed by atoms with van der Waals surface area (Å²) in [5.41, 5.74) is 3.51. The van der Waals surface area contributed by atoms with Gasteiger partial charge < -0.3 is 36.2 Å². The Morgan fingerprint density at radius 2 is 1.85 bits per heavy atom. The number of aromatic hydroxyl groups is 1. The van der Waals surface area contributed by atoms with Crippen molar-refractivity contribution in [2.45, 2.75) is 43.6 Å². The molecule has 1 fully saturated rings. The number of hydrogen-bond acceptors (Lipinski definition) is 10. The molecule has 1 saturated carbocycles. The maximum absolute atomic E-state index is 14.0. The molecule has 14 heteroatoms. The van der Waals surface area contributed by atoms with Crippen LogP contribution in [-0.4, -0.2) is 88.4 Å². The predicted octanol–water partition coefficient (Wildman–Crippen LogP) is 2.68. The zero-order valence-corrected chi connectivity index (χ0v) is 25.2. The van der Waals surface area contributed by atoms with E-state index in [-0.39, 0.29) is 42.8 Å². The number of aliphatic hydroxyl groups excluding tert-OH is 2. The highest BCUT2D eigenvalue weighted by Crippen LogP contribution is 2.53. The molecule has 5 rings (SSSR count). The highest BCUT2D eigenvalue weighted by atomic mass is 19.4. The average Bonchev–Trinajstić information content (AvgIpc) is 2.96. The number of halogens is 3. The quantitative estimate of drug-likeness (QED) is 0.184. The molecule has 46 heavy (non-hydrogen) atoms. The fourth-order valence-electron chi connectivity index (χ4n) is 7.05. The molecule has 3 aliphatic carbocycles. The van der Waals surface area contributed by atoms with Crippen LogP contribution in [0.2, 0.25) is 0 Å². The molecule has 1 amide bonds. The van der Waals surface area contributed by atoms with Gasteiger partial charge in [-0.25, -0.2) is 0 Å². The summed E-state index contributed by atoms with van der Waals surface area (Å²) >= 11 is 0. The van der Waals surface area contributed by atoms with E-state index in [9.17, 15) is 48.0 Å². The lowest BCUT2D eigenvalue weighted by Crippen LogP contribution is -2.65. The summed E-state index contributed by atoms with van der Waals surface area (Å²) in [7, 11) is 4.46. The van der Waals surface area contributed by atoms with E-state index < -0.39 is 70.6 Å². The molecule has 3 aliphatic rings. The summed E-state index contributed by atoms with van der Waals surface area (Å²) < 4.78 is 43.3. The van der Waals surface area contributed by atoms with Crippen LogP contribution >= 0.6 is 0 Å². The first-order valence-corrected chi connectivity index (χ1v) is 14.5. The van der Waals surface area contributed by atoms with Crippen molar-refractivity contribution in [1.82, 2.24) is 10.2 Å². The Bertz CT molecular complexity index is 1700. The number of likely N-dealkylation sites (N-methyl/N-ethyl adjacent to an activating group) is 1. The Hall–Kier alpha value is -4.40. The Kier molecular flexibility index (Phi) is 8.43. The number of phenolic OH excluding ortho intramolecular Hbond substituents is 1. The zero-order chi connectivity index (χ0) is 33.9. The molecule has 2 aromatic carbocycles. The molecule has 0 heterocycles. The number of fused-ring (bicyclic) bond motifs is 3. The highest BCUT2D eigenvalue weighted by Gasteiger charge is 2.64. The van der Waals surface area contributed by atoms with Crippen molar-refractivity contribution < 1.29 is 52.7 Å². The van der Waals surface area contributed by atoms with Gasteiger partial charge in [0.1, 0.15) is 28.6 Å². The Balaban J connectivity index is 1.61. The number of phenols is 1. The van der Waals surface area contributed by atoms with Crippen LogP contribution in [0.3, 0.4) is 0 Å². The van der Waals surface area contributed by atoms with Gasteiger partial charge in [-0.15, -0.1) is 0 Å². The summed E-state index contributed by atoms with van der Waals surface area (Å²) in [6, 6.07) is 6.77. The molecule has 0 spiro atoms. The third-order valence-corrected chi connectivity index (χ3v) is 9.10. The van der Waals surface area contributed by atoms with Crippen molar-refractivity contribution in [3.05, 3.63) is 63.9 Å². The number of carbonyl (C=O) groups is 3. The van der Waals surface area contributed by atoms with Crippen molar-refractivity contribution in [1.29, 1.82) is 0 Å². The number of rotatable bonds is 8. The molecule has 0 saturated heterocycles. The second-order valence-corrected chi connectivity index (χ2v) is 12.0.